The zero-order valence-corrected chi connectivity index (χ0v) is 10.0. The van der Waals surface area contributed by atoms with E-state index in [1.54, 1.807) is 12.1 Å². The minimum Gasteiger partial charge on any atom is -0.312 e. The van der Waals surface area contributed by atoms with Crippen molar-refractivity contribution in [2.24, 2.45) is 0 Å². The summed E-state index contributed by atoms with van der Waals surface area (Å²) in [5.74, 6) is -0.101. The van der Waals surface area contributed by atoms with Gasteiger partial charge in [-0.3, -0.25) is 0 Å². The molecule has 15 heavy (non-hydrogen) atoms. The van der Waals surface area contributed by atoms with Crippen molar-refractivity contribution in [3.8, 4) is 0 Å². The highest BCUT2D eigenvalue weighted by atomic mass is 19.1. The molecule has 1 aromatic carbocycles. The molecule has 1 nitrogen and oxygen atoms in total. The van der Waals surface area contributed by atoms with E-state index in [0.29, 0.717) is 0 Å². The average molecular weight is 209 g/mol. The molecule has 0 atom stereocenters. The Hall–Kier alpha value is -0.890. The van der Waals surface area contributed by atoms with E-state index < -0.39 is 0 Å². The van der Waals surface area contributed by atoms with Crippen molar-refractivity contribution in [1.82, 2.24) is 5.32 Å². The minimum atomic E-state index is -0.101. The summed E-state index contributed by atoms with van der Waals surface area (Å²) in [6, 6.07) is 5.26. The van der Waals surface area contributed by atoms with Crippen LogP contribution in [0.15, 0.2) is 18.2 Å². The summed E-state index contributed by atoms with van der Waals surface area (Å²) < 4.78 is 13.4. The number of hydrogen-bond donors (Lipinski definition) is 1. The third-order valence-corrected chi connectivity index (χ3v) is 2.25. The van der Waals surface area contributed by atoms with Crippen molar-refractivity contribution in [3.63, 3.8) is 0 Å². The van der Waals surface area contributed by atoms with Crippen LogP contribution in [0.4, 0.5) is 4.39 Å². The Morgan fingerprint density at radius 1 is 1.27 bits per heavy atom. The second-order valence-corrected chi connectivity index (χ2v) is 5.02. The molecular formula is C13H20FN. The van der Waals surface area contributed by atoms with Crippen LogP contribution < -0.4 is 5.32 Å². The van der Waals surface area contributed by atoms with E-state index in [-0.39, 0.29) is 11.4 Å². The summed E-state index contributed by atoms with van der Waals surface area (Å²) >= 11 is 0. The molecule has 0 aliphatic heterocycles. The second kappa shape index (κ2) is 4.75. The summed E-state index contributed by atoms with van der Waals surface area (Å²) in [7, 11) is 0. The van der Waals surface area contributed by atoms with E-state index in [9.17, 15) is 4.39 Å². The van der Waals surface area contributed by atoms with Gasteiger partial charge in [0.15, 0.2) is 0 Å². The fourth-order valence-electron chi connectivity index (χ4n) is 1.47. The highest BCUT2D eigenvalue weighted by Gasteiger charge is 2.08. The van der Waals surface area contributed by atoms with E-state index >= 15 is 0 Å². The van der Waals surface area contributed by atoms with Crippen molar-refractivity contribution in [1.29, 1.82) is 0 Å². The number of halogens is 1. The van der Waals surface area contributed by atoms with Gasteiger partial charge in [0.25, 0.3) is 0 Å². The van der Waals surface area contributed by atoms with Gasteiger partial charge < -0.3 is 5.32 Å². The highest BCUT2D eigenvalue weighted by molar-refractivity contribution is 5.24. The van der Waals surface area contributed by atoms with Crippen molar-refractivity contribution in [3.05, 3.63) is 35.1 Å². The lowest BCUT2D eigenvalue weighted by Crippen LogP contribution is -2.37. The molecule has 0 heterocycles. The van der Waals surface area contributed by atoms with Gasteiger partial charge in [-0.05, 0) is 52.3 Å². The smallest absolute Gasteiger partial charge is 0.126 e. The van der Waals surface area contributed by atoms with Crippen LogP contribution in [0.3, 0.4) is 0 Å². The molecule has 1 aromatic rings. The zero-order chi connectivity index (χ0) is 11.5. The van der Waals surface area contributed by atoms with Crippen LogP contribution in [0.25, 0.3) is 0 Å². The van der Waals surface area contributed by atoms with Gasteiger partial charge in [-0.15, -0.1) is 0 Å². The van der Waals surface area contributed by atoms with E-state index in [1.165, 1.54) is 0 Å². The summed E-state index contributed by atoms with van der Waals surface area (Å²) in [5, 5.41) is 3.35. The lowest BCUT2D eigenvalue weighted by Gasteiger charge is -2.20. The van der Waals surface area contributed by atoms with Gasteiger partial charge in [-0.25, -0.2) is 4.39 Å². The minimum absolute atomic E-state index is 0.0975. The molecule has 0 radical (unpaired) electrons. The Morgan fingerprint density at radius 2 is 1.93 bits per heavy atom. The third kappa shape index (κ3) is 4.43. The SMILES string of the molecule is Cc1ccc(F)c(CCNC(C)(C)C)c1. The van der Waals surface area contributed by atoms with Crippen molar-refractivity contribution in [2.75, 3.05) is 6.54 Å². The standard InChI is InChI=1S/C13H20FN/c1-10-5-6-12(14)11(9-10)7-8-15-13(2,3)4/h5-6,9,15H,7-8H2,1-4H3. The molecule has 1 N–H and O–H groups in total. The Bertz CT molecular complexity index is 326. The quantitative estimate of drug-likeness (QED) is 0.806. The molecule has 0 saturated heterocycles. The fourth-order valence-corrected chi connectivity index (χ4v) is 1.47. The van der Waals surface area contributed by atoms with Gasteiger partial charge in [-0.2, -0.15) is 0 Å². The Balaban J connectivity index is 2.54. The molecule has 0 aromatic heterocycles. The van der Waals surface area contributed by atoms with Crippen LogP contribution in [0.1, 0.15) is 31.9 Å². The third-order valence-electron chi connectivity index (χ3n) is 2.25. The Kier molecular flexibility index (Phi) is 3.86. The number of rotatable bonds is 3. The first-order valence-electron chi connectivity index (χ1n) is 5.38. The molecule has 0 saturated carbocycles. The highest BCUT2D eigenvalue weighted by Crippen LogP contribution is 2.10. The molecule has 0 aliphatic carbocycles. The molecule has 0 spiro atoms. The molecule has 84 valence electrons. The van der Waals surface area contributed by atoms with Gasteiger partial charge in [-0.1, -0.05) is 17.7 Å². The molecule has 0 unspecified atom stereocenters. The van der Waals surface area contributed by atoms with Crippen LogP contribution in [0.2, 0.25) is 0 Å². The molecule has 0 bridgehead atoms. The van der Waals surface area contributed by atoms with Crippen LogP contribution in [-0.2, 0) is 6.42 Å². The van der Waals surface area contributed by atoms with E-state index in [2.05, 4.69) is 26.1 Å². The lowest BCUT2D eigenvalue weighted by molar-refractivity contribution is 0.427. The maximum Gasteiger partial charge on any atom is 0.126 e. The Labute approximate surface area is 91.7 Å². The first-order valence-corrected chi connectivity index (χ1v) is 5.38. The fraction of sp³-hybridized carbons (Fsp3) is 0.538. The first kappa shape index (κ1) is 12.2. The van der Waals surface area contributed by atoms with E-state index in [1.807, 2.05) is 13.0 Å². The van der Waals surface area contributed by atoms with Gasteiger partial charge in [0, 0.05) is 5.54 Å². The maximum absolute atomic E-state index is 13.4. The molecule has 0 fully saturated rings. The number of hydrogen-bond acceptors (Lipinski definition) is 1. The van der Waals surface area contributed by atoms with Crippen molar-refractivity contribution < 1.29 is 4.39 Å². The predicted octanol–water partition coefficient (Wildman–Crippen LogP) is 3.06. The summed E-state index contributed by atoms with van der Waals surface area (Å²) in [4.78, 5) is 0. The molecule has 0 amide bonds. The maximum atomic E-state index is 13.4. The summed E-state index contributed by atoms with van der Waals surface area (Å²) in [6.45, 7) is 9.13. The molecule has 1 rings (SSSR count). The first-order chi connectivity index (χ1) is 6.88. The molecule has 2 heteroatoms. The van der Waals surface area contributed by atoms with Crippen LogP contribution >= 0.6 is 0 Å². The van der Waals surface area contributed by atoms with Crippen molar-refractivity contribution in [2.45, 2.75) is 39.7 Å². The summed E-state index contributed by atoms with van der Waals surface area (Å²) in [5.41, 5.74) is 2.01. The van der Waals surface area contributed by atoms with E-state index in [4.69, 9.17) is 0 Å². The topological polar surface area (TPSA) is 12.0 Å². The van der Waals surface area contributed by atoms with Crippen LogP contribution in [0, 0.1) is 12.7 Å². The Morgan fingerprint density at radius 3 is 2.53 bits per heavy atom. The van der Waals surface area contributed by atoms with Crippen molar-refractivity contribution >= 4 is 0 Å². The second-order valence-electron chi connectivity index (χ2n) is 5.02. The van der Waals surface area contributed by atoms with Gasteiger partial charge in [0.1, 0.15) is 5.82 Å². The van der Waals surface area contributed by atoms with Gasteiger partial charge in [0.2, 0.25) is 0 Å². The van der Waals surface area contributed by atoms with Crippen LogP contribution in [0.5, 0.6) is 0 Å². The monoisotopic (exact) mass is 209 g/mol. The normalized spacial score (nSPS) is 11.8. The molecule has 0 aliphatic rings. The number of benzene rings is 1. The number of aryl methyl sites for hydroxylation is 1. The zero-order valence-electron chi connectivity index (χ0n) is 10.0. The lowest BCUT2D eigenvalue weighted by atomic mass is 10.1. The van der Waals surface area contributed by atoms with E-state index in [0.717, 1.165) is 24.1 Å². The predicted molar refractivity (Wildman–Crippen MR) is 62.6 cm³/mol. The largest absolute Gasteiger partial charge is 0.312 e. The van der Waals surface area contributed by atoms with Crippen LogP contribution in [-0.4, -0.2) is 12.1 Å². The number of nitrogens with one attached hydrogen (secondary N) is 1. The van der Waals surface area contributed by atoms with Gasteiger partial charge >= 0.3 is 0 Å². The van der Waals surface area contributed by atoms with Gasteiger partial charge in [0.05, 0.1) is 0 Å². The summed E-state index contributed by atoms with van der Waals surface area (Å²) in [6.07, 6.45) is 0.741. The average Bonchev–Trinajstić information content (AvgIpc) is 2.09. The molecular weight excluding hydrogens is 189 g/mol.